The van der Waals surface area contributed by atoms with E-state index in [1.807, 2.05) is 45.7 Å². The molecule has 1 saturated carbocycles. The van der Waals surface area contributed by atoms with E-state index in [2.05, 4.69) is 56.3 Å². The first-order chi connectivity index (χ1) is 37.3. The molecule has 17 heteroatoms. The highest BCUT2D eigenvalue weighted by Crippen LogP contribution is 2.52. The molecule has 398 valence electrons. The molecule has 77 heavy (non-hydrogen) atoms. The van der Waals surface area contributed by atoms with Gasteiger partial charge in [-0.05, 0) is 150 Å². The van der Waals surface area contributed by atoms with Gasteiger partial charge in [-0.15, -0.1) is 0 Å². The molecule has 6 aromatic rings. The molecule has 0 bridgehead atoms. The molecule has 1 spiro atoms. The number of hydrogen-bond donors (Lipinski definition) is 2. The number of hydrogen-bond acceptors (Lipinski definition) is 11. The van der Waals surface area contributed by atoms with Crippen LogP contribution in [0.3, 0.4) is 0 Å². The van der Waals surface area contributed by atoms with Crippen molar-refractivity contribution < 1.29 is 28.4 Å². The number of piperidine rings is 4. The number of anilines is 4. The van der Waals surface area contributed by atoms with Gasteiger partial charge in [0.2, 0.25) is 17.7 Å². The largest absolute Gasteiger partial charge is 0.357 e. The fourth-order valence-corrected chi connectivity index (χ4v) is 13.0. The van der Waals surface area contributed by atoms with E-state index in [-0.39, 0.29) is 59.4 Å². The van der Waals surface area contributed by atoms with Gasteiger partial charge < -0.3 is 34.4 Å². The van der Waals surface area contributed by atoms with Crippen LogP contribution in [0, 0.1) is 5.82 Å². The van der Waals surface area contributed by atoms with E-state index >= 15 is 9.18 Å². The van der Waals surface area contributed by atoms with Gasteiger partial charge in [-0.3, -0.25) is 29.3 Å². The number of nitrogens with zero attached hydrogens (tertiary/aromatic N) is 9. The van der Waals surface area contributed by atoms with Gasteiger partial charge >= 0.3 is 0 Å². The molecule has 12 rings (SSSR count). The topological polar surface area (TPSA) is 169 Å². The fraction of sp³-hybridized carbons (Fsp3) is 0.433. The summed E-state index contributed by atoms with van der Waals surface area (Å²) in [6, 6.07) is 26.4. The second-order valence-corrected chi connectivity index (χ2v) is 22.4. The second-order valence-electron chi connectivity index (χ2n) is 22.4. The Morgan fingerprint density at radius 2 is 1.49 bits per heavy atom. The summed E-state index contributed by atoms with van der Waals surface area (Å²) in [4.78, 5) is 92.4. The minimum atomic E-state index is -0.788. The van der Waals surface area contributed by atoms with Crippen molar-refractivity contribution in [3.8, 4) is 11.3 Å². The third-order valence-corrected chi connectivity index (χ3v) is 17.6. The number of likely N-dealkylation sites (tertiary alicyclic amines) is 3. The van der Waals surface area contributed by atoms with E-state index in [1.165, 1.54) is 25.3 Å². The van der Waals surface area contributed by atoms with E-state index in [9.17, 15) is 19.2 Å². The van der Waals surface area contributed by atoms with Crippen molar-refractivity contribution in [2.24, 2.45) is 0 Å². The fourth-order valence-electron chi connectivity index (χ4n) is 13.0. The smallest absolute Gasteiger partial charge is 0.253 e. The van der Waals surface area contributed by atoms with Crippen LogP contribution in [-0.2, 0) is 19.8 Å². The summed E-state index contributed by atoms with van der Waals surface area (Å²) in [5.74, 6) is -0.106. The Morgan fingerprint density at radius 3 is 2.16 bits per heavy atom. The lowest BCUT2D eigenvalue weighted by Gasteiger charge is -2.48. The number of carbonyl (C=O) groups excluding carboxylic acids is 5. The van der Waals surface area contributed by atoms with Crippen LogP contribution in [0.15, 0.2) is 97.5 Å². The summed E-state index contributed by atoms with van der Waals surface area (Å²) in [6.07, 6.45) is 12.3. The summed E-state index contributed by atoms with van der Waals surface area (Å²) >= 11 is 0. The summed E-state index contributed by atoms with van der Waals surface area (Å²) in [7, 11) is 2.00. The first-order valence-corrected chi connectivity index (χ1v) is 27.7. The zero-order chi connectivity index (χ0) is 53.1. The summed E-state index contributed by atoms with van der Waals surface area (Å²) in [6.45, 7) is 8.33. The quantitative estimate of drug-likeness (QED) is 0.119. The maximum atomic E-state index is 15.3. The van der Waals surface area contributed by atoms with E-state index in [0.29, 0.717) is 86.2 Å². The number of imide groups is 1. The number of fused-ring (bicyclic) bond motifs is 3. The average molecular weight is 1040 g/mol. The number of carbonyl (C=O) groups is 5. The van der Waals surface area contributed by atoms with Crippen molar-refractivity contribution in [1.29, 1.82) is 0 Å². The first kappa shape index (κ1) is 50.3. The standard InChI is InChI=1S/C60H66FN11O5/c1-37(2)71-36-63-50-34-49(65-55(54(50)71)64-48-10-6-5-9-47(48)61)40-15-18-46-51(31-40)72(44-32-43(33-44)68-25-7-4-8-26-68)59(77)60(46)23-29-70(30-24-60)58(76)39-13-11-38(12-14-39)57(75)69-27-21-42(22-28-69)67(3)52-19-16-41(35-62-52)45-17-20-53(73)66-56(45)74/h5-6,9-16,18-19,31,34-37,42-45H,4,7-8,17,20-30,32-33H2,1-3H3,(H,64,65)(H,66,73,74)/t43?,44?,45-/m1/s1. The highest BCUT2D eigenvalue weighted by Gasteiger charge is 2.56. The molecule has 16 nitrogen and oxygen atoms in total. The van der Waals surface area contributed by atoms with Crippen molar-refractivity contribution >= 4 is 63.6 Å². The lowest BCUT2D eigenvalue weighted by molar-refractivity contribution is -0.134. The van der Waals surface area contributed by atoms with Gasteiger partial charge in [0.15, 0.2) is 5.82 Å². The van der Waals surface area contributed by atoms with Gasteiger partial charge in [0.1, 0.15) is 17.2 Å². The van der Waals surface area contributed by atoms with Crippen molar-refractivity contribution in [3.05, 3.63) is 126 Å². The zero-order valence-electron chi connectivity index (χ0n) is 44.1. The lowest BCUT2D eigenvalue weighted by Crippen LogP contribution is -2.58. The number of amides is 5. The second kappa shape index (κ2) is 20.4. The Balaban J connectivity index is 0.730. The van der Waals surface area contributed by atoms with E-state index in [0.717, 1.165) is 78.0 Å². The van der Waals surface area contributed by atoms with Crippen LogP contribution < -0.4 is 20.4 Å². The van der Waals surface area contributed by atoms with E-state index in [4.69, 9.17) is 9.97 Å². The van der Waals surface area contributed by atoms with Crippen LogP contribution in [0.1, 0.15) is 128 Å². The highest BCUT2D eigenvalue weighted by atomic mass is 19.1. The number of imidazole rings is 1. The first-order valence-electron chi connectivity index (χ1n) is 27.7. The highest BCUT2D eigenvalue weighted by molar-refractivity contribution is 6.10. The van der Waals surface area contributed by atoms with Crippen LogP contribution in [0.5, 0.6) is 0 Å². The van der Waals surface area contributed by atoms with Crippen LogP contribution in [-0.4, -0.2) is 128 Å². The monoisotopic (exact) mass is 1040 g/mol. The van der Waals surface area contributed by atoms with Gasteiger partial charge in [0.25, 0.3) is 11.8 Å². The number of aromatic nitrogens is 4. The maximum absolute atomic E-state index is 15.3. The van der Waals surface area contributed by atoms with Gasteiger partial charge in [-0.1, -0.05) is 36.8 Å². The van der Waals surface area contributed by atoms with Crippen molar-refractivity contribution in [3.63, 3.8) is 0 Å². The molecule has 1 aliphatic carbocycles. The Morgan fingerprint density at radius 1 is 0.792 bits per heavy atom. The molecular weight excluding hydrogens is 974 g/mol. The predicted molar refractivity (Wildman–Crippen MR) is 293 cm³/mol. The third kappa shape index (κ3) is 9.29. The molecular formula is C60H66FN11O5. The molecule has 1 atom stereocenters. The number of halogens is 1. The van der Waals surface area contributed by atoms with Gasteiger partial charge in [-0.2, -0.15) is 0 Å². The van der Waals surface area contributed by atoms with Crippen LogP contribution >= 0.6 is 0 Å². The van der Waals surface area contributed by atoms with Crippen molar-refractivity contribution in [2.75, 3.05) is 61.4 Å². The lowest BCUT2D eigenvalue weighted by atomic mass is 9.73. The summed E-state index contributed by atoms with van der Waals surface area (Å²) in [5.41, 5.74) is 6.24. The Hall–Kier alpha value is -7.53. The Labute approximate surface area is 448 Å². The third-order valence-electron chi connectivity index (χ3n) is 17.6. The van der Waals surface area contributed by atoms with Crippen LogP contribution in [0.2, 0.25) is 0 Å². The molecule has 5 aliphatic heterocycles. The average Bonchev–Trinajstić information content (AvgIpc) is 4.20. The van der Waals surface area contributed by atoms with Gasteiger partial charge in [0, 0.05) is 92.4 Å². The molecule has 4 saturated heterocycles. The Bertz CT molecular complexity index is 3260. The SMILES string of the molecule is CC(C)n1cnc2cc(-c3ccc4c(c3)N(C3CC(N5CCCCC5)C3)C(=O)C43CCN(C(=O)c4ccc(C(=O)N5CCC(N(C)c6ccc([C@H]7CCC(=O)NC7=O)cn6)CC5)cc4)CC3)nc(Nc3ccccc3F)c21. The number of para-hydroxylation sites is 1. The molecule has 3 aromatic carbocycles. The summed E-state index contributed by atoms with van der Waals surface area (Å²) in [5, 5.41) is 5.69. The molecule has 5 fully saturated rings. The van der Waals surface area contributed by atoms with E-state index < -0.39 is 5.41 Å². The van der Waals surface area contributed by atoms with Crippen molar-refractivity contribution in [2.45, 2.75) is 120 Å². The molecule has 5 amide bonds. The van der Waals surface area contributed by atoms with E-state index in [1.54, 1.807) is 55.0 Å². The predicted octanol–water partition coefficient (Wildman–Crippen LogP) is 8.76. The molecule has 8 heterocycles. The minimum absolute atomic E-state index is 0.0576. The molecule has 2 N–H and O–H groups in total. The number of pyridine rings is 2. The molecule has 0 radical (unpaired) electrons. The van der Waals surface area contributed by atoms with Gasteiger partial charge in [0.05, 0.1) is 34.6 Å². The summed E-state index contributed by atoms with van der Waals surface area (Å²) < 4.78 is 17.1. The number of benzene rings is 3. The Kier molecular flexibility index (Phi) is 13.4. The van der Waals surface area contributed by atoms with Gasteiger partial charge in [-0.25, -0.2) is 19.3 Å². The molecule has 6 aliphatic rings. The molecule has 0 unspecified atom stereocenters. The van der Waals surface area contributed by atoms with Crippen molar-refractivity contribution in [1.82, 2.24) is 39.5 Å². The van der Waals surface area contributed by atoms with Crippen LogP contribution in [0.25, 0.3) is 22.3 Å². The minimum Gasteiger partial charge on any atom is -0.357 e. The molecule has 3 aromatic heterocycles. The maximum Gasteiger partial charge on any atom is 0.253 e. The normalized spacial score (nSPS) is 21.9. The number of rotatable bonds is 11. The zero-order valence-corrected chi connectivity index (χ0v) is 44.1. The van der Waals surface area contributed by atoms with Crippen LogP contribution in [0.4, 0.5) is 27.4 Å². The number of nitrogens with one attached hydrogen (secondary N) is 2.